The van der Waals surface area contributed by atoms with E-state index in [4.69, 9.17) is 25.8 Å². The Bertz CT molecular complexity index is 1460. The van der Waals surface area contributed by atoms with Crippen LogP contribution in [0, 0.1) is 0 Å². The molecule has 4 aromatic rings. The summed E-state index contributed by atoms with van der Waals surface area (Å²) in [5.41, 5.74) is 2.04. The molecule has 0 radical (unpaired) electrons. The number of hydrogen-bond acceptors (Lipinski definition) is 5. The summed E-state index contributed by atoms with van der Waals surface area (Å²) < 4.78 is 16.6. The average Bonchev–Trinajstić information content (AvgIpc) is 2.90. The lowest BCUT2D eigenvalue weighted by molar-refractivity contribution is 0.0693. The summed E-state index contributed by atoms with van der Waals surface area (Å²) in [5, 5.41) is 15.5. The summed E-state index contributed by atoms with van der Waals surface area (Å²) in [6.07, 6.45) is 0. The molecule has 0 aliphatic carbocycles. The highest BCUT2D eigenvalue weighted by Crippen LogP contribution is 2.38. The second-order valence-corrected chi connectivity index (χ2v) is 8.15. The number of carbonyl (C=O) groups excluding carboxylic acids is 1. The number of carbonyl (C=O) groups is 2. The summed E-state index contributed by atoms with van der Waals surface area (Å²) in [4.78, 5) is 24.6. The van der Waals surface area contributed by atoms with Crippen molar-refractivity contribution in [2.24, 2.45) is 0 Å². The van der Waals surface area contributed by atoms with Crippen molar-refractivity contribution in [2.45, 2.75) is 0 Å². The van der Waals surface area contributed by atoms with Crippen molar-refractivity contribution in [3.05, 3.63) is 95.5 Å². The first-order valence-corrected chi connectivity index (χ1v) is 11.5. The van der Waals surface area contributed by atoms with E-state index in [9.17, 15) is 14.7 Å². The lowest BCUT2D eigenvalue weighted by atomic mass is 10.0. The van der Waals surface area contributed by atoms with Crippen LogP contribution < -0.4 is 24.8 Å². The van der Waals surface area contributed by atoms with E-state index in [1.807, 2.05) is 6.07 Å². The van der Waals surface area contributed by atoms with Gasteiger partial charge in [-0.3, -0.25) is 0 Å². The number of urea groups is 1. The number of anilines is 2. The van der Waals surface area contributed by atoms with Gasteiger partial charge in [0, 0.05) is 0 Å². The summed E-state index contributed by atoms with van der Waals surface area (Å²) in [6.45, 7) is 0. The van der Waals surface area contributed by atoms with E-state index in [0.29, 0.717) is 44.8 Å². The molecule has 0 aromatic heterocycles. The second kappa shape index (κ2) is 11.4. The highest BCUT2D eigenvalue weighted by molar-refractivity contribution is 6.33. The van der Waals surface area contributed by atoms with Crippen molar-refractivity contribution >= 4 is 35.0 Å². The number of benzene rings is 4. The molecule has 8 nitrogen and oxygen atoms in total. The summed E-state index contributed by atoms with van der Waals surface area (Å²) in [7, 11) is 2.94. The SMILES string of the molecule is COc1ccccc1Oc1ccc(-c2ccc(OC)c(C(=O)O)c2)cc1NC(=O)Nc1ccccc1Cl. The van der Waals surface area contributed by atoms with Gasteiger partial charge >= 0.3 is 12.0 Å². The molecule has 0 saturated heterocycles. The van der Waals surface area contributed by atoms with Crippen LogP contribution >= 0.6 is 11.6 Å². The quantitative estimate of drug-likeness (QED) is 0.228. The summed E-state index contributed by atoms with van der Waals surface area (Å²) in [6, 6.07) is 23.4. The highest BCUT2D eigenvalue weighted by atomic mass is 35.5. The Kier molecular flexibility index (Phi) is 7.80. The van der Waals surface area contributed by atoms with Crippen molar-refractivity contribution in [2.75, 3.05) is 24.9 Å². The number of halogens is 1. The third kappa shape index (κ3) is 5.94. The molecular formula is C28H23ClN2O6. The van der Waals surface area contributed by atoms with Gasteiger partial charge in [0.05, 0.1) is 30.6 Å². The van der Waals surface area contributed by atoms with Gasteiger partial charge in [0.25, 0.3) is 0 Å². The van der Waals surface area contributed by atoms with Crippen molar-refractivity contribution in [3.63, 3.8) is 0 Å². The molecule has 0 spiro atoms. The predicted octanol–water partition coefficient (Wildman–Crippen LogP) is 7.16. The fraction of sp³-hybridized carbons (Fsp3) is 0.0714. The molecule has 0 unspecified atom stereocenters. The number of aromatic carboxylic acids is 1. The van der Waals surface area contributed by atoms with Crippen molar-refractivity contribution in [3.8, 4) is 34.1 Å². The van der Waals surface area contributed by atoms with Gasteiger partial charge in [0.2, 0.25) is 0 Å². The lowest BCUT2D eigenvalue weighted by Crippen LogP contribution is -2.20. The van der Waals surface area contributed by atoms with Gasteiger partial charge in [-0.1, -0.05) is 48.0 Å². The minimum Gasteiger partial charge on any atom is -0.496 e. The minimum absolute atomic E-state index is 0.0142. The first-order valence-electron chi connectivity index (χ1n) is 11.1. The monoisotopic (exact) mass is 518 g/mol. The maximum atomic E-state index is 12.9. The van der Waals surface area contributed by atoms with Crippen LogP contribution in [0.25, 0.3) is 11.1 Å². The fourth-order valence-electron chi connectivity index (χ4n) is 3.61. The third-order valence-corrected chi connectivity index (χ3v) is 5.73. The zero-order valence-electron chi connectivity index (χ0n) is 19.9. The molecule has 37 heavy (non-hydrogen) atoms. The van der Waals surface area contributed by atoms with Crippen LogP contribution in [0.15, 0.2) is 84.9 Å². The van der Waals surface area contributed by atoms with E-state index in [2.05, 4.69) is 10.6 Å². The molecule has 0 aliphatic heterocycles. The number of methoxy groups -OCH3 is 2. The first kappa shape index (κ1) is 25.4. The molecule has 0 saturated carbocycles. The maximum absolute atomic E-state index is 12.9. The third-order valence-electron chi connectivity index (χ3n) is 5.40. The number of amides is 2. The van der Waals surface area contributed by atoms with E-state index >= 15 is 0 Å². The van der Waals surface area contributed by atoms with E-state index in [1.165, 1.54) is 20.3 Å². The lowest BCUT2D eigenvalue weighted by Gasteiger charge is -2.16. The Balaban J connectivity index is 1.72. The van der Waals surface area contributed by atoms with Crippen molar-refractivity contribution in [1.82, 2.24) is 0 Å². The molecule has 0 atom stereocenters. The smallest absolute Gasteiger partial charge is 0.339 e. The van der Waals surface area contributed by atoms with Crippen LogP contribution in [0.2, 0.25) is 5.02 Å². The van der Waals surface area contributed by atoms with Crippen LogP contribution in [-0.2, 0) is 0 Å². The molecule has 4 aromatic carbocycles. The second-order valence-electron chi connectivity index (χ2n) is 7.74. The van der Waals surface area contributed by atoms with Gasteiger partial charge in [-0.25, -0.2) is 9.59 Å². The number of carboxylic acid groups (broad SMARTS) is 1. The van der Waals surface area contributed by atoms with Crippen LogP contribution in [0.1, 0.15) is 10.4 Å². The Labute approximate surface area is 218 Å². The van der Waals surface area contributed by atoms with Gasteiger partial charge in [-0.2, -0.15) is 0 Å². The zero-order chi connectivity index (χ0) is 26.4. The Morgan fingerprint density at radius 1 is 0.703 bits per heavy atom. The number of rotatable bonds is 8. The molecule has 2 amide bonds. The molecule has 188 valence electrons. The molecule has 4 rings (SSSR count). The Hall–Kier alpha value is -4.69. The predicted molar refractivity (Wildman–Crippen MR) is 143 cm³/mol. The summed E-state index contributed by atoms with van der Waals surface area (Å²) in [5.74, 6) is 0.427. The van der Waals surface area contributed by atoms with Gasteiger partial charge in [0.1, 0.15) is 11.3 Å². The average molecular weight is 519 g/mol. The summed E-state index contributed by atoms with van der Waals surface area (Å²) >= 11 is 6.17. The normalized spacial score (nSPS) is 10.4. The molecular weight excluding hydrogens is 496 g/mol. The van der Waals surface area contributed by atoms with Gasteiger partial charge in [0.15, 0.2) is 17.2 Å². The topological polar surface area (TPSA) is 106 Å². The van der Waals surface area contributed by atoms with Gasteiger partial charge in [-0.15, -0.1) is 0 Å². The van der Waals surface area contributed by atoms with Crippen LogP contribution in [0.4, 0.5) is 16.2 Å². The molecule has 0 aliphatic rings. The van der Waals surface area contributed by atoms with E-state index in [-0.39, 0.29) is 11.3 Å². The Morgan fingerprint density at radius 2 is 1.30 bits per heavy atom. The van der Waals surface area contributed by atoms with Crippen molar-refractivity contribution < 1.29 is 28.9 Å². The highest BCUT2D eigenvalue weighted by Gasteiger charge is 2.16. The van der Waals surface area contributed by atoms with Crippen molar-refractivity contribution in [1.29, 1.82) is 0 Å². The van der Waals surface area contributed by atoms with Gasteiger partial charge < -0.3 is 30.0 Å². The zero-order valence-corrected chi connectivity index (χ0v) is 20.7. The number of ether oxygens (including phenoxy) is 3. The number of carboxylic acids is 1. The van der Waals surface area contributed by atoms with E-state index in [1.54, 1.807) is 72.8 Å². The van der Waals surface area contributed by atoms with Crippen LogP contribution in [-0.4, -0.2) is 31.3 Å². The number of nitrogens with one attached hydrogen (secondary N) is 2. The molecule has 3 N–H and O–H groups in total. The van der Waals surface area contributed by atoms with Crippen LogP contribution in [0.3, 0.4) is 0 Å². The molecule has 0 heterocycles. The molecule has 9 heteroatoms. The molecule has 0 fully saturated rings. The fourth-order valence-corrected chi connectivity index (χ4v) is 3.79. The largest absolute Gasteiger partial charge is 0.496 e. The number of para-hydroxylation sites is 3. The minimum atomic E-state index is -1.12. The standard InChI is InChI=1S/C28H23ClN2O6/c1-35-23-13-11-17(15-19(23)27(32)33)18-12-14-24(37-26-10-6-5-9-25(26)36-2)22(16-18)31-28(34)30-21-8-4-3-7-20(21)29/h3-16H,1-2H3,(H,32,33)(H2,30,31,34). The number of hydrogen-bond donors (Lipinski definition) is 3. The first-order chi connectivity index (χ1) is 17.9. The van der Waals surface area contributed by atoms with E-state index < -0.39 is 12.0 Å². The van der Waals surface area contributed by atoms with Crippen LogP contribution in [0.5, 0.6) is 23.0 Å². The Morgan fingerprint density at radius 3 is 1.97 bits per heavy atom. The maximum Gasteiger partial charge on any atom is 0.339 e. The van der Waals surface area contributed by atoms with Gasteiger partial charge in [-0.05, 0) is 59.7 Å². The van der Waals surface area contributed by atoms with E-state index in [0.717, 1.165) is 0 Å². The molecule has 0 bridgehead atoms.